The third kappa shape index (κ3) is 5.57. The zero-order valence-electron chi connectivity index (χ0n) is 18.8. The van der Waals surface area contributed by atoms with Crippen LogP contribution in [0.3, 0.4) is 0 Å². The molecule has 0 spiro atoms. The van der Waals surface area contributed by atoms with Crippen LogP contribution in [0.4, 0.5) is 5.00 Å². The molecule has 2 heterocycles. The summed E-state index contributed by atoms with van der Waals surface area (Å²) in [4.78, 5) is 25.8. The minimum atomic E-state index is -3.48. The van der Waals surface area contributed by atoms with Crippen molar-refractivity contribution >= 4 is 38.2 Å². The van der Waals surface area contributed by atoms with Crippen LogP contribution < -0.4 is 5.32 Å². The van der Waals surface area contributed by atoms with Crippen molar-refractivity contribution in [1.82, 2.24) is 4.31 Å². The Labute approximate surface area is 193 Å². The van der Waals surface area contributed by atoms with Crippen molar-refractivity contribution in [1.29, 1.82) is 0 Å². The lowest BCUT2D eigenvalue weighted by Crippen LogP contribution is -2.31. The molecule has 0 saturated carbocycles. The molecule has 0 bridgehead atoms. The van der Waals surface area contributed by atoms with Crippen LogP contribution >= 0.6 is 11.3 Å². The maximum Gasteiger partial charge on any atom is 0.341 e. The molecule has 9 heteroatoms. The van der Waals surface area contributed by atoms with Crippen molar-refractivity contribution in [2.75, 3.05) is 25.5 Å². The lowest BCUT2D eigenvalue weighted by atomic mass is 10.1. The molecule has 0 aliphatic carbocycles. The predicted octanol–water partition coefficient (Wildman–Crippen LogP) is 4.29. The Morgan fingerprint density at radius 1 is 1.06 bits per heavy atom. The molecule has 174 valence electrons. The number of carbonyl (C=O) groups is 2. The SMILES string of the molecule is COC(=O)c1c(NC(=O)CCc2ccc(S(=O)(=O)N3CCCCCC3)cc2)sc(C)c1C. The number of hydrogen-bond acceptors (Lipinski definition) is 6. The molecule has 32 heavy (non-hydrogen) atoms. The predicted molar refractivity (Wildman–Crippen MR) is 126 cm³/mol. The van der Waals surface area contributed by atoms with Crippen molar-refractivity contribution in [3.63, 3.8) is 0 Å². The number of ether oxygens (including phenoxy) is 1. The fourth-order valence-electron chi connectivity index (χ4n) is 3.77. The normalized spacial score (nSPS) is 15.2. The number of amides is 1. The van der Waals surface area contributed by atoms with Gasteiger partial charge in [0.25, 0.3) is 0 Å². The first-order chi connectivity index (χ1) is 15.2. The number of aryl methyl sites for hydroxylation is 2. The summed E-state index contributed by atoms with van der Waals surface area (Å²) in [6.07, 6.45) is 4.61. The van der Waals surface area contributed by atoms with Gasteiger partial charge in [0.05, 0.1) is 17.6 Å². The van der Waals surface area contributed by atoms with Gasteiger partial charge in [-0.25, -0.2) is 13.2 Å². The third-order valence-corrected chi connectivity index (χ3v) is 8.83. The second kappa shape index (κ2) is 10.6. The molecule has 0 radical (unpaired) electrons. The zero-order chi connectivity index (χ0) is 23.3. The Morgan fingerprint density at radius 3 is 2.28 bits per heavy atom. The van der Waals surface area contributed by atoms with Crippen LogP contribution in [0.25, 0.3) is 0 Å². The number of benzene rings is 1. The van der Waals surface area contributed by atoms with Gasteiger partial charge in [0.2, 0.25) is 15.9 Å². The number of thiophene rings is 1. The summed E-state index contributed by atoms with van der Waals surface area (Å²) in [6.45, 7) is 4.86. The first kappa shape index (κ1) is 24.4. The number of nitrogens with one attached hydrogen (secondary N) is 1. The fourth-order valence-corrected chi connectivity index (χ4v) is 6.35. The molecule has 1 aliphatic heterocycles. The highest BCUT2D eigenvalue weighted by Gasteiger charge is 2.25. The van der Waals surface area contributed by atoms with Crippen molar-refractivity contribution in [3.8, 4) is 0 Å². The summed E-state index contributed by atoms with van der Waals surface area (Å²) in [5.74, 6) is -0.680. The van der Waals surface area contributed by atoms with Gasteiger partial charge in [-0.3, -0.25) is 4.79 Å². The van der Waals surface area contributed by atoms with Crippen LogP contribution in [-0.4, -0.2) is 44.8 Å². The van der Waals surface area contributed by atoms with E-state index in [-0.39, 0.29) is 12.3 Å². The molecule has 7 nitrogen and oxygen atoms in total. The van der Waals surface area contributed by atoms with Gasteiger partial charge in [-0.15, -0.1) is 11.3 Å². The number of rotatable bonds is 7. The second-order valence-electron chi connectivity index (χ2n) is 7.99. The highest BCUT2D eigenvalue weighted by molar-refractivity contribution is 7.89. The molecule has 3 rings (SSSR count). The maximum absolute atomic E-state index is 12.9. The van der Waals surface area contributed by atoms with E-state index in [1.54, 1.807) is 28.6 Å². The van der Waals surface area contributed by atoms with Crippen LogP contribution in [0.2, 0.25) is 0 Å². The van der Waals surface area contributed by atoms with E-state index in [0.717, 1.165) is 41.7 Å². The van der Waals surface area contributed by atoms with E-state index < -0.39 is 16.0 Å². The van der Waals surface area contributed by atoms with E-state index in [1.165, 1.54) is 18.4 Å². The standard InChI is InChI=1S/C23H30N2O5S2/c1-16-17(2)31-22(21(16)23(27)30-3)24-20(26)13-10-18-8-11-19(12-9-18)32(28,29)25-14-6-4-5-7-15-25/h8-9,11-12H,4-7,10,13-15H2,1-3H3,(H,24,26). The van der Waals surface area contributed by atoms with Gasteiger partial charge < -0.3 is 10.1 Å². The summed E-state index contributed by atoms with van der Waals surface area (Å²) >= 11 is 1.35. The third-order valence-electron chi connectivity index (χ3n) is 5.79. The molecule has 1 aliphatic rings. The lowest BCUT2D eigenvalue weighted by Gasteiger charge is -2.20. The summed E-state index contributed by atoms with van der Waals surface area (Å²) in [6, 6.07) is 6.76. The maximum atomic E-state index is 12.9. The highest BCUT2D eigenvalue weighted by Crippen LogP contribution is 2.33. The number of methoxy groups -OCH3 is 1. The van der Waals surface area contributed by atoms with Gasteiger partial charge in [-0.2, -0.15) is 4.31 Å². The van der Waals surface area contributed by atoms with E-state index in [4.69, 9.17) is 4.74 Å². The van der Waals surface area contributed by atoms with Gasteiger partial charge in [0, 0.05) is 24.4 Å². The van der Waals surface area contributed by atoms with Crippen LogP contribution in [0.5, 0.6) is 0 Å². The first-order valence-corrected chi connectivity index (χ1v) is 13.1. The van der Waals surface area contributed by atoms with Gasteiger partial charge >= 0.3 is 5.97 Å². The van der Waals surface area contributed by atoms with Gasteiger partial charge in [0.15, 0.2) is 0 Å². The number of anilines is 1. The monoisotopic (exact) mass is 478 g/mol. The Bertz CT molecular complexity index is 1070. The van der Waals surface area contributed by atoms with Crippen molar-refractivity contribution in [2.45, 2.75) is 57.3 Å². The summed E-state index contributed by atoms with van der Waals surface area (Å²) in [7, 11) is -2.16. The van der Waals surface area contributed by atoms with E-state index in [2.05, 4.69) is 5.32 Å². The van der Waals surface area contributed by atoms with Crippen molar-refractivity contribution in [3.05, 3.63) is 45.8 Å². The van der Waals surface area contributed by atoms with Crippen molar-refractivity contribution in [2.24, 2.45) is 0 Å². The average molecular weight is 479 g/mol. The summed E-state index contributed by atoms with van der Waals surface area (Å²) in [5, 5.41) is 3.31. The highest BCUT2D eigenvalue weighted by atomic mass is 32.2. The smallest absolute Gasteiger partial charge is 0.341 e. The minimum Gasteiger partial charge on any atom is -0.465 e. The van der Waals surface area contributed by atoms with Crippen LogP contribution in [0.1, 0.15) is 58.5 Å². The molecule has 1 aromatic heterocycles. The lowest BCUT2D eigenvalue weighted by molar-refractivity contribution is -0.116. The van der Waals surface area contributed by atoms with Crippen LogP contribution in [0, 0.1) is 13.8 Å². The van der Waals surface area contributed by atoms with Gasteiger partial charge in [-0.1, -0.05) is 25.0 Å². The van der Waals surface area contributed by atoms with Gasteiger partial charge in [0.1, 0.15) is 5.00 Å². The molecular weight excluding hydrogens is 448 g/mol. The molecule has 0 unspecified atom stereocenters. The topological polar surface area (TPSA) is 92.8 Å². The Morgan fingerprint density at radius 2 is 1.69 bits per heavy atom. The molecule has 1 saturated heterocycles. The number of nitrogens with zero attached hydrogens (tertiary/aromatic N) is 1. The Kier molecular flexibility index (Phi) is 8.08. The van der Waals surface area contributed by atoms with Crippen LogP contribution in [0.15, 0.2) is 29.2 Å². The fraction of sp³-hybridized carbons (Fsp3) is 0.478. The largest absolute Gasteiger partial charge is 0.465 e. The van der Waals surface area contributed by atoms with Crippen molar-refractivity contribution < 1.29 is 22.7 Å². The molecular formula is C23H30N2O5S2. The number of carbonyl (C=O) groups excluding carboxylic acids is 2. The first-order valence-electron chi connectivity index (χ1n) is 10.8. The molecule has 2 aromatic rings. The molecule has 1 N–H and O–H groups in total. The number of sulfonamides is 1. The number of esters is 1. The van der Waals surface area contributed by atoms with E-state index in [9.17, 15) is 18.0 Å². The average Bonchev–Trinajstić information content (AvgIpc) is 2.96. The molecule has 1 amide bonds. The second-order valence-corrected chi connectivity index (χ2v) is 11.2. The van der Waals surface area contributed by atoms with Gasteiger partial charge in [-0.05, 0) is 56.4 Å². The summed E-state index contributed by atoms with van der Waals surface area (Å²) in [5.41, 5.74) is 2.08. The minimum absolute atomic E-state index is 0.210. The molecule has 1 aromatic carbocycles. The number of hydrogen-bond donors (Lipinski definition) is 1. The van der Waals surface area contributed by atoms with E-state index in [0.29, 0.717) is 35.0 Å². The quantitative estimate of drug-likeness (QED) is 0.600. The van der Waals surface area contributed by atoms with E-state index >= 15 is 0 Å². The Balaban J connectivity index is 1.61. The van der Waals surface area contributed by atoms with Crippen LogP contribution in [-0.2, 0) is 26.0 Å². The zero-order valence-corrected chi connectivity index (χ0v) is 20.4. The Hall–Kier alpha value is -2.23. The molecule has 0 atom stereocenters. The summed E-state index contributed by atoms with van der Waals surface area (Å²) < 4.78 is 32.2. The molecule has 1 fully saturated rings. The van der Waals surface area contributed by atoms with E-state index in [1.807, 2.05) is 13.8 Å².